The number of rotatable bonds is 13. The highest BCUT2D eigenvalue weighted by Gasteiger charge is 2.54. The minimum absolute atomic E-state index is 0.0101. The van der Waals surface area contributed by atoms with Crippen molar-refractivity contribution in [3.8, 4) is 16.9 Å². The smallest absolute Gasteiger partial charge is 0.266 e. The number of ether oxygens (including phenoxy) is 2. The first-order valence-electron chi connectivity index (χ1n) is 16.8. The number of carbonyl (C=O) groups is 1. The van der Waals surface area contributed by atoms with Gasteiger partial charge in [0, 0.05) is 40.6 Å². The molecule has 0 spiro atoms. The molecule has 2 atom stereocenters. The Morgan fingerprint density at radius 2 is 1.50 bits per heavy atom. The third kappa shape index (κ3) is 7.05. The quantitative estimate of drug-likeness (QED) is 0.0853. The number of halogens is 2. The van der Waals surface area contributed by atoms with Gasteiger partial charge in [-0.15, -0.1) is 0 Å². The summed E-state index contributed by atoms with van der Waals surface area (Å²) in [6.45, 7) is 0.350. The Morgan fingerprint density at radius 1 is 0.846 bits per heavy atom. The number of nitrogens with one attached hydrogen (secondary N) is 2. The average Bonchev–Trinajstić information content (AvgIpc) is 3.71. The molecule has 1 aliphatic heterocycles. The average molecular weight is 757 g/mol. The van der Waals surface area contributed by atoms with Gasteiger partial charge in [-0.25, -0.2) is 18.8 Å². The number of nitrogens with zero attached hydrogens (tertiary/aromatic N) is 1. The highest BCUT2D eigenvalue weighted by molar-refractivity contribution is 7.91. The highest BCUT2D eigenvalue weighted by Crippen LogP contribution is 2.46. The number of fused-ring (bicyclic) bond motifs is 3. The second-order valence-electron chi connectivity index (χ2n) is 12.5. The van der Waals surface area contributed by atoms with Gasteiger partial charge < -0.3 is 14.6 Å². The number of carbonyl (C=O) groups excluding carboxylic acids is 1. The maximum absolute atomic E-state index is 14.9. The second kappa shape index (κ2) is 15.1. The van der Waals surface area contributed by atoms with Gasteiger partial charge in [-0.05, 0) is 70.8 Å². The van der Waals surface area contributed by atoms with E-state index in [0.29, 0.717) is 34.9 Å². The SMILES string of the molecule is O=C(NNC1c2ccccc2-c2ccccc21)[C@@]1(CCS(=O)(=O)c2ccccc2)N=C(c2ccc(OCCCO)cc2)O[C@H]1c1ccc(Cl)cc1Cl. The molecule has 1 aliphatic carbocycles. The molecule has 5 aromatic rings. The molecule has 3 N–H and O–H groups in total. The van der Waals surface area contributed by atoms with Crippen LogP contribution in [0.5, 0.6) is 5.75 Å². The number of aliphatic hydroxyl groups excluding tert-OH is 1. The molecule has 266 valence electrons. The largest absolute Gasteiger partial charge is 0.494 e. The molecular formula is C40H35Cl2N3O6S. The predicted octanol–water partition coefficient (Wildman–Crippen LogP) is 7.27. The van der Waals surface area contributed by atoms with Crippen LogP contribution in [0.2, 0.25) is 10.0 Å². The standard InChI is InChI=1S/C40H35Cl2N3O6S/c41-27-17-20-34(35(42)25-27)37-40(21-24-52(48,49)29-9-2-1-3-10-29,43-38(51-37)26-15-18-28(19-16-26)50-23-8-22-46)39(47)45-44-36-32-13-6-4-11-30(32)31-12-5-7-14-33(31)36/h1-7,9-20,25,36-37,44,46H,8,21-24H2,(H,45,47)/t37-,40-/m0/s1. The Labute approximate surface area is 312 Å². The summed E-state index contributed by atoms with van der Waals surface area (Å²) in [5.74, 6) is -0.319. The van der Waals surface area contributed by atoms with Crippen LogP contribution in [-0.2, 0) is 19.4 Å². The molecule has 0 aromatic heterocycles. The maximum Gasteiger partial charge on any atom is 0.266 e. The van der Waals surface area contributed by atoms with Crippen molar-refractivity contribution in [1.82, 2.24) is 10.9 Å². The number of amides is 1. The molecule has 0 unspecified atom stereocenters. The molecule has 0 bridgehead atoms. The minimum atomic E-state index is -3.86. The van der Waals surface area contributed by atoms with Crippen LogP contribution in [0.25, 0.3) is 11.1 Å². The van der Waals surface area contributed by atoms with Gasteiger partial charge in [0.25, 0.3) is 5.91 Å². The summed E-state index contributed by atoms with van der Waals surface area (Å²) in [5, 5.41) is 9.73. The fourth-order valence-electron chi connectivity index (χ4n) is 6.65. The van der Waals surface area contributed by atoms with Crippen LogP contribution in [-0.4, -0.2) is 49.8 Å². The monoisotopic (exact) mass is 755 g/mol. The number of hydrazine groups is 1. The second-order valence-corrected chi connectivity index (χ2v) is 15.5. The summed E-state index contributed by atoms with van der Waals surface area (Å²) >= 11 is 13.1. The lowest BCUT2D eigenvalue weighted by molar-refractivity contribution is -0.130. The third-order valence-electron chi connectivity index (χ3n) is 9.29. The van der Waals surface area contributed by atoms with E-state index in [1.54, 1.807) is 60.7 Å². The molecule has 0 radical (unpaired) electrons. The summed E-state index contributed by atoms with van der Waals surface area (Å²) in [6.07, 6.45) is -0.898. The first-order valence-corrected chi connectivity index (χ1v) is 19.2. The van der Waals surface area contributed by atoms with Crippen LogP contribution in [0.1, 0.15) is 47.2 Å². The number of aliphatic imine (C=N–C) groups is 1. The summed E-state index contributed by atoms with van der Waals surface area (Å²) in [6, 6.07) is 35.4. The molecule has 2 aliphatic rings. The molecule has 1 amide bonds. The van der Waals surface area contributed by atoms with Crippen molar-refractivity contribution >= 4 is 44.8 Å². The van der Waals surface area contributed by atoms with E-state index < -0.39 is 33.1 Å². The molecule has 0 saturated heterocycles. The van der Waals surface area contributed by atoms with E-state index in [9.17, 15) is 13.2 Å². The Hall–Kier alpha value is -4.71. The zero-order valence-electron chi connectivity index (χ0n) is 27.8. The zero-order valence-corrected chi connectivity index (χ0v) is 30.2. The minimum Gasteiger partial charge on any atom is -0.494 e. The van der Waals surface area contributed by atoms with E-state index in [-0.39, 0.29) is 34.9 Å². The van der Waals surface area contributed by atoms with Gasteiger partial charge >= 0.3 is 0 Å². The maximum atomic E-state index is 14.9. The van der Waals surface area contributed by atoms with E-state index in [4.69, 9.17) is 42.8 Å². The van der Waals surface area contributed by atoms with Gasteiger partial charge in [0.15, 0.2) is 21.5 Å². The molecule has 0 fully saturated rings. The van der Waals surface area contributed by atoms with Crippen LogP contribution in [0.15, 0.2) is 131 Å². The molecule has 9 nitrogen and oxygen atoms in total. The molecule has 7 rings (SSSR count). The van der Waals surface area contributed by atoms with Crippen LogP contribution in [0.3, 0.4) is 0 Å². The molecule has 0 saturated carbocycles. The number of hydrogen-bond donors (Lipinski definition) is 3. The lowest BCUT2D eigenvalue weighted by atomic mass is 9.85. The van der Waals surface area contributed by atoms with E-state index >= 15 is 0 Å². The van der Waals surface area contributed by atoms with Crippen molar-refractivity contribution in [1.29, 1.82) is 0 Å². The van der Waals surface area contributed by atoms with Gasteiger partial charge in [0.2, 0.25) is 5.90 Å². The molecule has 12 heteroatoms. The van der Waals surface area contributed by atoms with Crippen molar-refractivity contribution in [2.75, 3.05) is 19.0 Å². The van der Waals surface area contributed by atoms with E-state index in [2.05, 4.69) is 10.9 Å². The lowest BCUT2D eigenvalue weighted by Crippen LogP contribution is -2.54. The number of sulfone groups is 1. The van der Waals surface area contributed by atoms with Crippen molar-refractivity contribution in [3.63, 3.8) is 0 Å². The Morgan fingerprint density at radius 3 is 2.15 bits per heavy atom. The Balaban J connectivity index is 1.29. The Bertz CT molecular complexity index is 2190. The third-order valence-corrected chi connectivity index (χ3v) is 11.6. The van der Waals surface area contributed by atoms with Crippen molar-refractivity contribution in [3.05, 3.63) is 154 Å². The van der Waals surface area contributed by atoms with Gasteiger partial charge in [-0.3, -0.25) is 10.2 Å². The fourth-order valence-corrected chi connectivity index (χ4v) is 8.55. The van der Waals surface area contributed by atoms with Gasteiger partial charge in [-0.2, -0.15) is 0 Å². The fraction of sp³-hybridized carbons (Fsp3) is 0.200. The van der Waals surface area contributed by atoms with Crippen LogP contribution < -0.4 is 15.6 Å². The van der Waals surface area contributed by atoms with Crippen molar-refractivity contribution in [2.24, 2.45) is 4.99 Å². The van der Waals surface area contributed by atoms with E-state index in [0.717, 1.165) is 22.3 Å². The summed E-state index contributed by atoms with van der Waals surface area (Å²) in [7, 11) is -3.86. The zero-order chi connectivity index (χ0) is 36.3. The van der Waals surface area contributed by atoms with Crippen molar-refractivity contribution < 1.29 is 27.8 Å². The molecule has 5 aromatic carbocycles. The topological polar surface area (TPSA) is 126 Å². The lowest BCUT2D eigenvalue weighted by Gasteiger charge is -2.31. The molecule has 1 heterocycles. The van der Waals surface area contributed by atoms with Gasteiger partial charge in [0.05, 0.1) is 23.3 Å². The number of hydrogen-bond acceptors (Lipinski definition) is 8. The van der Waals surface area contributed by atoms with Crippen LogP contribution >= 0.6 is 23.2 Å². The van der Waals surface area contributed by atoms with Crippen LogP contribution in [0.4, 0.5) is 0 Å². The van der Waals surface area contributed by atoms with Crippen molar-refractivity contribution in [2.45, 2.75) is 35.4 Å². The molecule has 52 heavy (non-hydrogen) atoms. The Kier molecular flexibility index (Phi) is 10.4. The molecular weight excluding hydrogens is 721 g/mol. The normalized spacial score (nSPS) is 17.9. The highest BCUT2D eigenvalue weighted by atomic mass is 35.5. The summed E-state index contributed by atoms with van der Waals surface area (Å²) in [5.41, 5.74) is 9.37. The van der Waals surface area contributed by atoms with Gasteiger partial charge in [-0.1, -0.05) is 96.0 Å². The number of aliphatic hydroxyl groups is 1. The summed E-state index contributed by atoms with van der Waals surface area (Å²) < 4.78 is 39.7. The summed E-state index contributed by atoms with van der Waals surface area (Å²) in [4.78, 5) is 20.0. The number of benzene rings is 5. The first kappa shape index (κ1) is 35.7. The van der Waals surface area contributed by atoms with E-state index in [1.165, 1.54) is 12.1 Å². The van der Waals surface area contributed by atoms with Crippen LogP contribution in [0, 0.1) is 0 Å². The first-order chi connectivity index (χ1) is 25.2. The predicted molar refractivity (Wildman–Crippen MR) is 201 cm³/mol. The van der Waals surface area contributed by atoms with E-state index in [1.807, 2.05) is 48.5 Å². The van der Waals surface area contributed by atoms with Gasteiger partial charge in [0.1, 0.15) is 5.75 Å².